The quantitative estimate of drug-likeness (QED) is 0.431. The molecule has 0 aliphatic rings. The first-order valence-corrected chi connectivity index (χ1v) is 10.2. The van der Waals surface area contributed by atoms with E-state index in [1.807, 2.05) is 36.0 Å². The Morgan fingerprint density at radius 3 is 2.71 bits per heavy atom. The minimum absolute atomic E-state index is 0.244. The number of carbonyl (C=O) groups is 1. The number of benzene rings is 1. The molecule has 2 aromatic heterocycles. The molecule has 3 aromatic rings. The maximum atomic E-state index is 12.2. The lowest BCUT2D eigenvalue weighted by molar-refractivity contribution is 0.0918. The number of nitrogens with zero attached hydrogens (tertiary/aromatic N) is 2. The Labute approximate surface area is 169 Å². The topological polar surface area (TPSA) is 69.3 Å². The van der Waals surface area contributed by atoms with Crippen molar-refractivity contribution in [1.82, 2.24) is 14.9 Å². The lowest BCUT2D eigenvalue weighted by atomic mass is 10.0. The van der Waals surface area contributed by atoms with E-state index in [1.165, 1.54) is 5.56 Å². The summed E-state index contributed by atoms with van der Waals surface area (Å²) < 4.78 is 13.2. The Kier molecular flexibility index (Phi) is 6.81. The standard InChI is InChI=1S/C21H25N3O3S/c1-15(2)16-4-6-17(7-5-16)26-13-11-22-20(25)19-9-8-18(27-19)14-28-21-23-10-12-24(21)3/h4-10,12,15H,11,13-14H2,1-3H3,(H,22,25). The highest BCUT2D eigenvalue weighted by Crippen LogP contribution is 2.22. The highest BCUT2D eigenvalue weighted by molar-refractivity contribution is 7.98. The van der Waals surface area contributed by atoms with Gasteiger partial charge in [-0.25, -0.2) is 4.98 Å². The SMILES string of the molecule is CC(C)c1ccc(OCCNC(=O)c2ccc(CSc3nccn3C)o2)cc1. The van der Waals surface area contributed by atoms with E-state index in [0.29, 0.717) is 30.6 Å². The first kappa shape index (κ1) is 20.1. The molecule has 1 N–H and O–H groups in total. The summed E-state index contributed by atoms with van der Waals surface area (Å²) in [5, 5.41) is 3.71. The van der Waals surface area contributed by atoms with Gasteiger partial charge in [-0.2, -0.15) is 0 Å². The van der Waals surface area contributed by atoms with Crippen molar-refractivity contribution < 1.29 is 13.9 Å². The van der Waals surface area contributed by atoms with Crippen LogP contribution in [-0.2, 0) is 12.8 Å². The third kappa shape index (κ3) is 5.42. The number of rotatable bonds is 9. The molecule has 28 heavy (non-hydrogen) atoms. The molecule has 2 heterocycles. The fourth-order valence-electron chi connectivity index (χ4n) is 2.57. The molecule has 0 saturated carbocycles. The number of amides is 1. The predicted molar refractivity (Wildman–Crippen MR) is 110 cm³/mol. The van der Waals surface area contributed by atoms with Crippen molar-refractivity contribution in [2.45, 2.75) is 30.7 Å². The molecule has 6 nitrogen and oxygen atoms in total. The second-order valence-electron chi connectivity index (χ2n) is 6.70. The number of hydrogen-bond donors (Lipinski definition) is 1. The van der Waals surface area contributed by atoms with Gasteiger partial charge in [-0.15, -0.1) is 0 Å². The van der Waals surface area contributed by atoms with Gasteiger partial charge in [0.2, 0.25) is 0 Å². The van der Waals surface area contributed by atoms with Crippen molar-refractivity contribution in [2.24, 2.45) is 7.05 Å². The van der Waals surface area contributed by atoms with E-state index in [1.54, 1.807) is 24.0 Å². The number of hydrogen-bond acceptors (Lipinski definition) is 5. The zero-order valence-corrected chi connectivity index (χ0v) is 17.2. The van der Waals surface area contributed by atoms with Gasteiger partial charge in [0.15, 0.2) is 10.9 Å². The molecule has 0 spiro atoms. The van der Waals surface area contributed by atoms with Gasteiger partial charge >= 0.3 is 0 Å². The van der Waals surface area contributed by atoms with E-state index >= 15 is 0 Å². The lowest BCUT2D eigenvalue weighted by Gasteiger charge is -2.09. The van der Waals surface area contributed by atoms with Crippen molar-refractivity contribution in [2.75, 3.05) is 13.2 Å². The molecule has 1 amide bonds. The van der Waals surface area contributed by atoms with E-state index in [-0.39, 0.29) is 5.91 Å². The fourth-order valence-corrected chi connectivity index (χ4v) is 3.40. The Bertz CT molecular complexity index is 900. The molecule has 0 saturated heterocycles. The third-order valence-corrected chi connectivity index (χ3v) is 5.29. The minimum Gasteiger partial charge on any atom is -0.492 e. The summed E-state index contributed by atoms with van der Waals surface area (Å²) in [5.74, 6) is 2.70. The molecular formula is C21H25N3O3S. The second-order valence-corrected chi connectivity index (χ2v) is 7.65. The van der Waals surface area contributed by atoms with E-state index in [2.05, 4.69) is 36.3 Å². The Hall–Kier alpha value is -2.67. The van der Waals surface area contributed by atoms with Crippen LogP contribution in [0.2, 0.25) is 0 Å². The number of ether oxygens (including phenoxy) is 1. The molecule has 1 aromatic carbocycles. The molecule has 0 fully saturated rings. The summed E-state index contributed by atoms with van der Waals surface area (Å²) in [6.45, 7) is 5.11. The number of furan rings is 1. The zero-order chi connectivity index (χ0) is 19.9. The Morgan fingerprint density at radius 2 is 2.04 bits per heavy atom. The number of nitrogens with one attached hydrogen (secondary N) is 1. The van der Waals surface area contributed by atoms with Crippen LogP contribution in [0.4, 0.5) is 0 Å². The highest BCUT2D eigenvalue weighted by Gasteiger charge is 2.12. The number of carbonyl (C=O) groups excluding carboxylic acids is 1. The van der Waals surface area contributed by atoms with Crippen molar-refractivity contribution in [3.05, 3.63) is 65.9 Å². The first-order valence-electron chi connectivity index (χ1n) is 9.22. The first-order chi connectivity index (χ1) is 13.5. The van der Waals surface area contributed by atoms with Gasteiger partial charge in [0.25, 0.3) is 5.91 Å². The van der Waals surface area contributed by atoms with Gasteiger partial charge in [0.1, 0.15) is 18.1 Å². The number of imidazole rings is 1. The van der Waals surface area contributed by atoms with Gasteiger partial charge in [-0.05, 0) is 35.7 Å². The smallest absolute Gasteiger partial charge is 0.287 e. The molecule has 148 valence electrons. The maximum absolute atomic E-state index is 12.2. The maximum Gasteiger partial charge on any atom is 0.287 e. The minimum atomic E-state index is -0.244. The summed E-state index contributed by atoms with van der Waals surface area (Å²) in [7, 11) is 1.94. The molecular weight excluding hydrogens is 374 g/mol. The van der Waals surface area contributed by atoms with Crippen LogP contribution in [0, 0.1) is 0 Å². The van der Waals surface area contributed by atoms with Crippen molar-refractivity contribution in [3.63, 3.8) is 0 Å². The third-order valence-electron chi connectivity index (χ3n) is 4.21. The van der Waals surface area contributed by atoms with Gasteiger partial charge < -0.3 is 19.0 Å². The van der Waals surface area contributed by atoms with Crippen LogP contribution >= 0.6 is 11.8 Å². The van der Waals surface area contributed by atoms with Gasteiger partial charge in [0.05, 0.1) is 12.3 Å². The van der Waals surface area contributed by atoms with Crippen LogP contribution in [0.3, 0.4) is 0 Å². The zero-order valence-electron chi connectivity index (χ0n) is 16.3. The molecule has 3 rings (SSSR count). The van der Waals surface area contributed by atoms with E-state index in [4.69, 9.17) is 9.15 Å². The highest BCUT2D eigenvalue weighted by atomic mass is 32.2. The Morgan fingerprint density at radius 1 is 1.25 bits per heavy atom. The lowest BCUT2D eigenvalue weighted by Crippen LogP contribution is -2.27. The van der Waals surface area contributed by atoms with Crippen LogP contribution in [0.5, 0.6) is 5.75 Å². The van der Waals surface area contributed by atoms with Crippen LogP contribution in [-0.4, -0.2) is 28.6 Å². The number of aryl methyl sites for hydroxylation is 1. The van der Waals surface area contributed by atoms with Crippen molar-refractivity contribution in [1.29, 1.82) is 0 Å². The summed E-state index contributed by atoms with van der Waals surface area (Å²) in [6.07, 6.45) is 3.65. The van der Waals surface area contributed by atoms with Gasteiger partial charge in [0, 0.05) is 19.4 Å². The summed E-state index contributed by atoms with van der Waals surface area (Å²) in [6, 6.07) is 11.5. The summed E-state index contributed by atoms with van der Waals surface area (Å²) in [4.78, 5) is 16.4. The molecule has 0 aliphatic carbocycles. The van der Waals surface area contributed by atoms with E-state index < -0.39 is 0 Å². The molecule has 0 bridgehead atoms. The number of thioether (sulfide) groups is 1. The molecule has 0 atom stereocenters. The normalized spacial score (nSPS) is 11.0. The monoisotopic (exact) mass is 399 g/mol. The van der Waals surface area contributed by atoms with Crippen LogP contribution in [0.25, 0.3) is 0 Å². The van der Waals surface area contributed by atoms with Crippen LogP contribution in [0.1, 0.15) is 41.6 Å². The summed E-state index contributed by atoms with van der Waals surface area (Å²) in [5.41, 5.74) is 1.27. The van der Waals surface area contributed by atoms with Crippen LogP contribution in [0.15, 0.2) is 58.4 Å². The molecule has 0 unspecified atom stereocenters. The Balaban J connectivity index is 1.40. The fraction of sp³-hybridized carbons (Fsp3) is 0.333. The molecule has 0 aliphatic heterocycles. The molecule has 0 radical (unpaired) electrons. The number of aromatic nitrogens is 2. The van der Waals surface area contributed by atoms with Gasteiger partial charge in [-0.1, -0.05) is 37.7 Å². The predicted octanol–water partition coefficient (Wildman–Crippen LogP) is 4.24. The van der Waals surface area contributed by atoms with E-state index in [0.717, 1.165) is 16.7 Å². The average Bonchev–Trinajstić information content (AvgIpc) is 3.32. The molecule has 7 heteroatoms. The van der Waals surface area contributed by atoms with Gasteiger partial charge in [-0.3, -0.25) is 4.79 Å². The van der Waals surface area contributed by atoms with E-state index in [9.17, 15) is 4.79 Å². The van der Waals surface area contributed by atoms with Crippen molar-refractivity contribution >= 4 is 17.7 Å². The average molecular weight is 400 g/mol. The van der Waals surface area contributed by atoms with Crippen molar-refractivity contribution in [3.8, 4) is 5.75 Å². The van der Waals surface area contributed by atoms with Crippen LogP contribution < -0.4 is 10.1 Å². The summed E-state index contributed by atoms with van der Waals surface area (Å²) >= 11 is 1.56. The largest absolute Gasteiger partial charge is 0.492 e. The second kappa shape index (κ2) is 9.50.